The number of anilines is 2. The van der Waals surface area contributed by atoms with E-state index in [2.05, 4.69) is 5.32 Å². The molecule has 3 N–H and O–H groups in total. The molecule has 0 heterocycles. The lowest BCUT2D eigenvalue weighted by Crippen LogP contribution is -2.28. The summed E-state index contributed by atoms with van der Waals surface area (Å²) in [7, 11) is 0. The molecule has 0 aliphatic heterocycles. The van der Waals surface area contributed by atoms with Crippen molar-refractivity contribution in [1.82, 2.24) is 0 Å². The first-order chi connectivity index (χ1) is 8.06. The van der Waals surface area contributed by atoms with Crippen LogP contribution in [0, 0.1) is 6.92 Å². The Morgan fingerprint density at radius 1 is 1.53 bits per heavy atom. The second-order valence-corrected chi connectivity index (χ2v) is 4.02. The molecule has 4 heteroatoms. The molecule has 0 aliphatic carbocycles. The predicted octanol–water partition coefficient (Wildman–Crippen LogP) is 2.33. The van der Waals surface area contributed by atoms with Gasteiger partial charge in [-0.25, -0.2) is 0 Å². The van der Waals surface area contributed by atoms with Gasteiger partial charge in [-0.3, -0.25) is 4.79 Å². The van der Waals surface area contributed by atoms with Crippen molar-refractivity contribution in [2.75, 3.05) is 17.7 Å². The summed E-state index contributed by atoms with van der Waals surface area (Å²) in [5.74, 6) is -0.146. The normalized spacial score (nSPS) is 12.2. The number of carbonyl (C=O) groups excluding carboxylic acids is 1. The predicted molar refractivity (Wildman–Crippen MR) is 69.9 cm³/mol. The van der Waals surface area contributed by atoms with Crippen LogP contribution in [0.1, 0.15) is 25.8 Å². The molecule has 1 unspecified atom stereocenters. The van der Waals surface area contributed by atoms with E-state index >= 15 is 0 Å². The highest BCUT2D eigenvalue weighted by Crippen LogP contribution is 2.20. The Balaban J connectivity index is 2.64. The highest BCUT2D eigenvalue weighted by Gasteiger charge is 2.14. The highest BCUT2D eigenvalue weighted by molar-refractivity contribution is 5.95. The standard InChI is InChI=1S/C13H20N2O2/c1-4-8-17-10(3)13(16)15-12-7-5-6-11(14)9(12)2/h5-7,10H,4,8,14H2,1-3H3,(H,15,16). The molecule has 0 bridgehead atoms. The molecule has 17 heavy (non-hydrogen) atoms. The Kier molecular flexibility index (Phi) is 4.97. The van der Waals surface area contributed by atoms with Crippen molar-refractivity contribution in [2.45, 2.75) is 33.3 Å². The first-order valence-electron chi connectivity index (χ1n) is 5.83. The number of hydrogen-bond acceptors (Lipinski definition) is 3. The second kappa shape index (κ2) is 6.25. The zero-order valence-corrected chi connectivity index (χ0v) is 10.6. The summed E-state index contributed by atoms with van der Waals surface area (Å²) in [6.07, 6.45) is 0.449. The minimum absolute atomic E-state index is 0.146. The van der Waals surface area contributed by atoms with Gasteiger partial charge in [-0.1, -0.05) is 13.0 Å². The van der Waals surface area contributed by atoms with E-state index in [9.17, 15) is 4.79 Å². The maximum atomic E-state index is 11.8. The summed E-state index contributed by atoms with van der Waals surface area (Å²) < 4.78 is 5.35. The third-order valence-corrected chi connectivity index (χ3v) is 2.57. The number of amides is 1. The van der Waals surface area contributed by atoms with Gasteiger partial charge in [-0.2, -0.15) is 0 Å². The number of nitrogens with two attached hydrogens (primary N) is 1. The molecule has 0 fully saturated rings. The quantitative estimate of drug-likeness (QED) is 0.771. The Labute approximate surface area is 102 Å². The molecule has 94 valence electrons. The number of ether oxygens (including phenoxy) is 1. The lowest BCUT2D eigenvalue weighted by molar-refractivity contribution is -0.126. The molecule has 4 nitrogen and oxygen atoms in total. The summed E-state index contributed by atoms with van der Waals surface area (Å²) in [4.78, 5) is 11.8. The van der Waals surface area contributed by atoms with E-state index in [-0.39, 0.29) is 5.91 Å². The van der Waals surface area contributed by atoms with Crippen LogP contribution in [0.3, 0.4) is 0 Å². The average molecular weight is 236 g/mol. The summed E-state index contributed by atoms with van der Waals surface area (Å²) in [6, 6.07) is 5.45. The number of nitrogens with one attached hydrogen (secondary N) is 1. The van der Waals surface area contributed by atoms with Crippen molar-refractivity contribution < 1.29 is 9.53 Å². The summed E-state index contributed by atoms with van der Waals surface area (Å²) in [6.45, 7) is 6.21. The minimum Gasteiger partial charge on any atom is -0.398 e. The van der Waals surface area contributed by atoms with Crippen LogP contribution in [0.4, 0.5) is 11.4 Å². The average Bonchev–Trinajstić information content (AvgIpc) is 2.31. The minimum atomic E-state index is -0.448. The van der Waals surface area contributed by atoms with Crippen LogP contribution in [0.15, 0.2) is 18.2 Å². The second-order valence-electron chi connectivity index (χ2n) is 4.02. The van der Waals surface area contributed by atoms with Crippen molar-refractivity contribution in [3.05, 3.63) is 23.8 Å². The van der Waals surface area contributed by atoms with E-state index < -0.39 is 6.10 Å². The first-order valence-corrected chi connectivity index (χ1v) is 5.83. The van der Waals surface area contributed by atoms with Gasteiger partial charge in [0.1, 0.15) is 6.10 Å². The summed E-state index contributed by atoms with van der Waals surface area (Å²) in [5.41, 5.74) is 8.06. The SMILES string of the molecule is CCCOC(C)C(=O)Nc1cccc(N)c1C. The van der Waals surface area contributed by atoms with E-state index in [0.717, 1.165) is 17.7 Å². The molecule has 0 saturated heterocycles. The first kappa shape index (κ1) is 13.5. The van der Waals surface area contributed by atoms with Gasteiger partial charge >= 0.3 is 0 Å². The molecule has 1 atom stereocenters. The van der Waals surface area contributed by atoms with Crippen LogP contribution in [0.2, 0.25) is 0 Å². The number of hydrogen-bond donors (Lipinski definition) is 2. The molecular formula is C13H20N2O2. The van der Waals surface area contributed by atoms with Gasteiger partial charge in [0, 0.05) is 18.0 Å². The molecule has 0 radical (unpaired) electrons. The van der Waals surface area contributed by atoms with Crippen LogP contribution >= 0.6 is 0 Å². The van der Waals surface area contributed by atoms with Crippen molar-refractivity contribution in [3.63, 3.8) is 0 Å². The zero-order valence-electron chi connectivity index (χ0n) is 10.6. The molecule has 1 amide bonds. The van der Waals surface area contributed by atoms with E-state index in [1.54, 1.807) is 6.92 Å². The van der Waals surface area contributed by atoms with Crippen molar-refractivity contribution in [1.29, 1.82) is 0 Å². The van der Waals surface area contributed by atoms with Crippen molar-refractivity contribution >= 4 is 17.3 Å². The van der Waals surface area contributed by atoms with Gasteiger partial charge < -0.3 is 15.8 Å². The van der Waals surface area contributed by atoms with E-state index in [1.165, 1.54) is 0 Å². The molecule has 0 aromatic heterocycles. The maximum Gasteiger partial charge on any atom is 0.253 e. The van der Waals surface area contributed by atoms with Crippen molar-refractivity contribution in [3.8, 4) is 0 Å². The topological polar surface area (TPSA) is 64.3 Å². The number of benzene rings is 1. The van der Waals surface area contributed by atoms with Crippen molar-refractivity contribution in [2.24, 2.45) is 0 Å². The molecule has 0 spiro atoms. The number of nitrogen functional groups attached to an aromatic ring is 1. The summed E-state index contributed by atoms with van der Waals surface area (Å²) >= 11 is 0. The zero-order chi connectivity index (χ0) is 12.8. The Morgan fingerprint density at radius 2 is 2.24 bits per heavy atom. The van der Waals surface area contributed by atoms with E-state index in [1.807, 2.05) is 32.0 Å². The fourth-order valence-corrected chi connectivity index (χ4v) is 1.39. The highest BCUT2D eigenvalue weighted by atomic mass is 16.5. The maximum absolute atomic E-state index is 11.8. The largest absolute Gasteiger partial charge is 0.398 e. The van der Waals surface area contributed by atoms with Crippen LogP contribution in [-0.4, -0.2) is 18.6 Å². The lowest BCUT2D eigenvalue weighted by atomic mass is 10.1. The van der Waals surface area contributed by atoms with E-state index in [4.69, 9.17) is 10.5 Å². The van der Waals surface area contributed by atoms with Gasteiger partial charge in [0.05, 0.1) is 0 Å². The Morgan fingerprint density at radius 3 is 2.88 bits per heavy atom. The molecule has 1 aromatic rings. The number of rotatable bonds is 5. The third kappa shape index (κ3) is 3.75. The molecule has 0 aliphatic rings. The Hall–Kier alpha value is -1.55. The molecular weight excluding hydrogens is 216 g/mol. The fraction of sp³-hybridized carbons (Fsp3) is 0.462. The third-order valence-electron chi connectivity index (χ3n) is 2.57. The fourth-order valence-electron chi connectivity index (χ4n) is 1.39. The Bertz CT molecular complexity index is 391. The van der Waals surface area contributed by atoms with Crippen LogP contribution in [0.5, 0.6) is 0 Å². The van der Waals surface area contributed by atoms with Gasteiger partial charge in [-0.05, 0) is 38.0 Å². The van der Waals surface area contributed by atoms with Crippen LogP contribution in [-0.2, 0) is 9.53 Å². The van der Waals surface area contributed by atoms with Crippen LogP contribution in [0.25, 0.3) is 0 Å². The molecule has 0 saturated carbocycles. The van der Waals surface area contributed by atoms with Gasteiger partial charge in [0.25, 0.3) is 5.91 Å². The van der Waals surface area contributed by atoms with E-state index in [0.29, 0.717) is 12.3 Å². The molecule has 1 rings (SSSR count). The van der Waals surface area contributed by atoms with Gasteiger partial charge in [-0.15, -0.1) is 0 Å². The smallest absolute Gasteiger partial charge is 0.253 e. The van der Waals surface area contributed by atoms with Gasteiger partial charge in [0.15, 0.2) is 0 Å². The van der Waals surface area contributed by atoms with Gasteiger partial charge in [0.2, 0.25) is 0 Å². The van der Waals surface area contributed by atoms with Crippen LogP contribution < -0.4 is 11.1 Å². The number of carbonyl (C=O) groups is 1. The molecule has 1 aromatic carbocycles. The monoisotopic (exact) mass is 236 g/mol. The summed E-state index contributed by atoms with van der Waals surface area (Å²) in [5, 5.41) is 2.82. The lowest BCUT2D eigenvalue weighted by Gasteiger charge is -2.14.